The summed E-state index contributed by atoms with van der Waals surface area (Å²) < 4.78 is 1.35. The second-order valence-corrected chi connectivity index (χ2v) is 3.78. The molecule has 1 nitrogen and oxygen atoms in total. The van der Waals surface area contributed by atoms with Gasteiger partial charge in [0.25, 0.3) is 0 Å². The van der Waals surface area contributed by atoms with E-state index in [1.807, 2.05) is 0 Å². The lowest BCUT2D eigenvalue weighted by atomic mass is 10.00. The Bertz CT molecular complexity index is 79.7. The van der Waals surface area contributed by atoms with Gasteiger partial charge < -0.3 is 4.90 Å². The molecule has 10 heavy (non-hydrogen) atoms. The van der Waals surface area contributed by atoms with Crippen LogP contribution in [0.1, 0.15) is 12.8 Å². The topological polar surface area (TPSA) is 3.24 Å². The molecule has 3 heteroatoms. The van der Waals surface area contributed by atoms with Crippen LogP contribution in [0.4, 0.5) is 0 Å². The summed E-state index contributed by atoms with van der Waals surface area (Å²) in [5.74, 6) is 1.02. The first-order chi connectivity index (χ1) is 4.33. The minimum atomic E-state index is 0. The highest BCUT2D eigenvalue weighted by Crippen LogP contribution is 2.17. The zero-order chi connectivity index (χ0) is 6.69. The molecule has 0 atom stereocenters. The summed E-state index contributed by atoms with van der Waals surface area (Å²) >= 11 is 2.50. The van der Waals surface area contributed by atoms with Crippen molar-refractivity contribution in [2.24, 2.45) is 5.92 Å². The van der Waals surface area contributed by atoms with Crippen LogP contribution in [0.5, 0.6) is 0 Å². The zero-order valence-electron chi connectivity index (χ0n) is 6.35. The molecule has 0 radical (unpaired) electrons. The SMILES string of the molecule is CN1CCC(CI)CC1.I. The third kappa shape index (κ3) is 3.71. The lowest BCUT2D eigenvalue weighted by molar-refractivity contribution is 0.234. The Labute approximate surface area is 94.1 Å². The van der Waals surface area contributed by atoms with E-state index in [1.165, 1.54) is 30.4 Å². The summed E-state index contributed by atoms with van der Waals surface area (Å²) in [5, 5.41) is 0. The number of halogens is 2. The third-order valence-corrected chi connectivity index (χ3v) is 3.30. The van der Waals surface area contributed by atoms with E-state index in [4.69, 9.17) is 0 Å². The molecular formula is C7H15I2N. The van der Waals surface area contributed by atoms with Gasteiger partial charge in [0.15, 0.2) is 0 Å². The first-order valence-electron chi connectivity index (χ1n) is 3.57. The van der Waals surface area contributed by atoms with E-state index in [2.05, 4.69) is 34.5 Å². The van der Waals surface area contributed by atoms with Gasteiger partial charge >= 0.3 is 0 Å². The van der Waals surface area contributed by atoms with Crippen LogP contribution in [0.2, 0.25) is 0 Å². The van der Waals surface area contributed by atoms with Gasteiger partial charge in [-0.3, -0.25) is 0 Å². The monoisotopic (exact) mass is 367 g/mol. The van der Waals surface area contributed by atoms with E-state index in [9.17, 15) is 0 Å². The normalized spacial score (nSPS) is 22.2. The minimum Gasteiger partial charge on any atom is -0.306 e. The van der Waals surface area contributed by atoms with Crippen LogP contribution >= 0.6 is 46.6 Å². The van der Waals surface area contributed by atoms with Crippen molar-refractivity contribution in [2.75, 3.05) is 24.6 Å². The molecule has 0 spiro atoms. The van der Waals surface area contributed by atoms with E-state index < -0.39 is 0 Å². The van der Waals surface area contributed by atoms with Crippen LogP contribution < -0.4 is 0 Å². The van der Waals surface area contributed by atoms with Crippen molar-refractivity contribution in [2.45, 2.75) is 12.8 Å². The fourth-order valence-corrected chi connectivity index (χ4v) is 2.10. The summed E-state index contributed by atoms with van der Waals surface area (Å²) in [5.41, 5.74) is 0. The van der Waals surface area contributed by atoms with E-state index in [0.717, 1.165) is 5.92 Å². The summed E-state index contributed by atoms with van der Waals surface area (Å²) in [7, 11) is 2.21. The van der Waals surface area contributed by atoms with Crippen molar-refractivity contribution < 1.29 is 0 Å². The Hall–Kier alpha value is 1.42. The first-order valence-corrected chi connectivity index (χ1v) is 5.10. The van der Waals surface area contributed by atoms with E-state index in [1.54, 1.807) is 0 Å². The maximum absolute atomic E-state index is 2.50. The molecule has 1 rings (SSSR count). The number of hydrogen-bond acceptors (Lipinski definition) is 1. The average Bonchev–Trinajstić information content (AvgIpc) is 1.90. The molecule has 1 saturated heterocycles. The largest absolute Gasteiger partial charge is 0.306 e. The second-order valence-electron chi connectivity index (χ2n) is 2.90. The number of alkyl halides is 1. The molecule has 62 valence electrons. The fraction of sp³-hybridized carbons (Fsp3) is 1.00. The standard InChI is InChI=1S/C7H14IN.HI/c1-9-4-2-7(6-8)3-5-9;/h7H,2-6H2,1H3;1H. The van der Waals surface area contributed by atoms with Crippen LogP contribution in [0.25, 0.3) is 0 Å². The Kier molecular flexibility index (Phi) is 6.85. The number of nitrogens with zero attached hydrogens (tertiary/aromatic N) is 1. The molecule has 0 bridgehead atoms. The predicted octanol–water partition coefficient (Wildman–Crippen LogP) is 2.38. The number of piperidine rings is 1. The van der Waals surface area contributed by atoms with Crippen molar-refractivity contribution >= 4 is 46.6 Å². The number of rotatable bonds is 1. The predicted molar refractivity (Wildman–Crippen MR) is 64.5 cm³/mol. The Morgan fingerprint density at radius 2 is 1.90 bits per heavy atom. The molecule has 0 unspecified atom stereocenters. The number of hydrogen-bond donors (Lipinski definition) is 0. The van der Waals surface area contributed by atoms with Gasteiger partial charge in [-0.1, -0.05) is 22.6 Å². The minimum absolute atomic E-state index is 0. The summed E-state index contributed by atoms with van der Waals surface area (Å²) in [6, 6.07) is 0. The molecule has 0 aliphatic carbocycles. The summed E-state index contributed by atoms with van der Waals surface area (Å²) in [6.07, 6.45) is 2.83. The fourth-order valence-electron chi connectivity index (χ4n) is 1.22. The molecule has 1 aliphatic rings. The molecule has 0 aromatic heterocycles. The van der Waals surface area contributed by atoms with Gasteiger partial charge in [0.2, 0.25) is 0 Å². The van der Waals surface area contributed by atoms with Gasteiger partial charge in [-0.2, -0.15) is 0 Å². The van der Waals surface area contributed by atoms with Crippen LogP contribution in [0.15, 0.2) is 0 Å². The Morgan fingerprint density at radius 1 is 1.40 bits per heavy atom. The van der Waals surface area contributed by atoms with Crippen LogP contribution in [-0.4, -0.2) is 29.5 Å². The second kappa shape index (κ2) is 5.99. The lowest BCUT2D eigenvalue weighted by Gasteiger charge is -2.27. The Morgan fingerprint density at radius 3 is 2.30 bits per heavy atom. The summed E-state index contributed by atoms with van der Waals surface area (Å²) in [6.45, 7) is 2.63. The molecule has 0 amide bonds. The smallest absolute Gasteiger partial charge is 0.00246 e. The van der Waals surface area contributed by atoms with Gasteiger partial charge in [0.05, 0.1) is 0 Å². The van der Waals surface area contributed by atoms with Crippen LogP contribution in [0, 0.1) is 5.92 Å². The van der Waals surface area contributed by atoms with Gasteiger partial charge in [0, 0.05) is 4.43 Å². The molecule has 1 aliphatic heterocycles. The maximum atomic E-state index is 2.50. The van der Waals surface area contributed by atoms with Crippen molar-refractivity contribution in [3.63, 3.8) is 0 Å². The highest BCUT2D eigenvalue weighted by molar-refractivity contribution is 14.1. The van der Waals surface area contributed by atoms with Gasteiger partial charge in [-0.25, -0.2) is 0 Å². The van der Waals surface area contributed by atoms with E-state index in [-0.39, 0.29) is 24.0 Å². The highest BCUT2D eigenvalue weighted by atomic mass is 127. The highest BCUT2D eigenvalue weighted by Gasteiger charge is 2.14. The van der Waals surface area contributed by atoms with Crippen molar-refractivity contribution in [1.29, 1.82) is 0 Å². The van der Waals surface area contributed by atoms with Crippen LogP contribution in [0.3, 0.4) is 0 Å². The van der Waals surface area contributed by atoms with Crippen molar-refractivity contribution in [1.82, 2.24) is 4.90 Å². The molecule has 0 N–H and O–H groups in total. The van der Waals surface area contributed by atoms with E-state index in [0.29, 0.717) is 0 Å². The maximum Gasteiger partial charge on any atom is 0.00246 e. The number of likely N-dealkylation sites (tertiary alicyclic amines) is 1. The Balaban J connectivity index is 0.000000810. The zero-order valence-corrected chi connectivity index (χ0v) is 10.8. The third-order valence-electron chi connectivity index (χ3n) is 2.06. The molecule has 1 heterocycles. The average molecular weight is 367 g/mol. The van der Waals surface area contributed by atoms with Gasteiger partial charge in [-0.15, -0.1) is 24.0 Å². The van der Waals surface area contributed by atoms with Crippen molar-refractivity contribution in [3.8, 4) is 0 Å². The molecule has 0 aromatic carbocycles. The molecular weight excluding hydrogens is 352 g/mol. The first kappa shape index (κ1) is 11.4. The molecule has 1 fully saturated rings. The quantitative estimate of drug-likeness (QED) is 0.508. The molecule has 0 aromatic rings. The van der Waals surface area contributed by atoms with Crippen LogP contribution in [-0.2, 0) is 0 Å². The van der Waals surface area contributed by atoms with Crippen molar-refractivity contribution in [3.05, 3.63) is 0 Å². The molecule has 0 saturated carbocycles. The van der Waals surface area contributed by atoms with Gasteiger partial charge in [0.1, 0.15) is 0 Å². The summed E-state index contributed by atoms with van der Waals surface area (Å²) in [4.78, 5) is 2.42. The lowest BCUT2D eigenvalue weighted by Crippen LogP contribution is -2.30. The van der Waals surface area contributed by atoms with Gasteiger partial charge in [-0.05, 0) is 38.9 Å². The van der Waals surface area contributed by atoms with E-state index >= 15 is 0 Å².